The highest BCUT2D eigenvalue weighted by Gasteiger charge is 2.16. The van der Waals surface area contributed by atoms with Crippen LogP contribution in [0.3, 0.4) is 0 Å². The second-order valence-electron chi connectivity index (χ2n) is 4.84. The first kappa shape index (κ1) is 11.9. The number of nitrogens with zero attached hydrogens (tertiary/aromatic N) is 2. The number of hydrogen-bond acceptors (Lipinski definition) is 4. The minimum atomic E-state index is 0.430. The largest absolute Gasteiger partial charge is 0.381 e. The number of nitrogens with one attached hydrogen (secondary N) is 2. The molecule has 0 unspecified atom stereocenters. The van der Waals surface area contributed by atoms with Crippen molar-refractivity contribution < 1.29 is 0 Å². The van der Waals surface area contributed by atoms with Crippen LogP contribution in [0.1, 0.15) is 18.4 Å². The highest BCUT2D eigenvalue weighted by molar-refractivity contribution is 5.93. The summed E-state index contributed by atoms with van der Waals surface area (Å²) >= 11 is 0. The van der Waals surface area contributed by atoms with Gasteiger partial charge < -0.3 is 10.6 Å². The number of piperidine rings is 1. The molecule has 1 aliphatic heterocycles. The fourth-order valence-electron chi connectivity index (χ4n) is 2.55. The number of aromatic nitrogens is 1. The minimum Gasteiger partial charge on any atom is -0.381 e. The Kier molecular flexibility index (Phi) is 3.30. The first-order valence-electron chi connectivity index (χ1n) is 6.63. The van der Waals surface area contributed by atoms with Gasteiger partial charge in [-0.3, -0.25) is 4.98 Å². The van der Waals surface area contributed by atoms with E-state index < -0.39 is 0 Å². The lowest BCUT2D eigenvalue weighted by molar-refractivity contribution is 0.479. The van der Waals surface area contributed by atoms with Crippen molar-refractivity contribution in [3.05, 3.63) is 36.0 Å². The van der Waals surface area contributed by atoms with Gasteiger partial charge in [0.15, 0.2) is 0 Å². The molecule has 0 saturated carbocycles. The first-order valence-corrected chi connectivity index (χ1v) is 6.63. The highest BCUT2D eigenvalue weighted by atomic mass is 15.0. The number of fused-ring (bicyclic) bond motifs is 1. The molecule has 4 heteroatoms. The van der Waals surface area contributed by atoms with Crippen LogP contribution in [-0.4, -0.2) is 24.1 Å². The van der Waals surface area contributed by atoms with E-state index in [9.17, 15) is 5.26 Å². The van der Waals surface area contributed by atoms with Crippen LogP contribution in [0.25, 0.3) is 10.9 Å². The standard InChI is InChI=1S/C15H16N4/c16-9-11-10-18-14-4-2-1-3-13(14)15(11)19-12-5-7-17-8-6-12/h1-4,10,12,17H,5-8H2,(H,18,19). The molecule has 0 spiro atoms. The summed E-state index contributed by atoms with van der Waals surface area (Å²) in [4.78, 5) is 4.33. The van der Waals surface area contributed by atoms with Gasteiger partial charge in [0.1, 0.15) is 6.07 Å². The summed E-state index contributed by atoms with van der Waals surface area (Å²) in [6, 6.07) is 10.6. The average molecular weight is 252 g/mol. The summed E-state index contributed by atoms with van der Waals surface area (Å²) in [5.74, 6) is 0. The zero-order valence-electron chi connectivity index (χ0n) is 10.7. The Morgan fingerprint density at radius 3 is 2.84 bits per heavy atom. The van der Waals surface area contributed by atoms with Crippen LogP contribution >= 0.6 is 0 Å². The van der Waals surface area contributed by atoms with Crippen LogP contribution in [0.15, 0.2) is 30.5 Å². The van der Waals surface area contributed by atoms with Gasteiger partial charge in [0.25, 0.3) is 0 Å². The van der Waals surface area contributed by atoms with Gasteiger partial charge in [-0.1, -0.05) is 18.2 Å². The van der Waals surface area contributed by atoms with Crippen LogP contribution in [0.4, 0.5) is 5.69 Å². The Hall–Kier alpha value is -2.12. The summed E-state index contributed by atoms with van der Waals surface area (Å²) in [7, 11) is 0. The summed E-state index contributed by atoms with van der Waals surface area (Å²) in [5.41, 5.74) is 2.48. The van der Waals surface area contributed by atoms with Crippen molar-refractivity contribution in [1.82, 2.24) is 10.3 Å². The van der Waals surface area contributed by atoms with E-state index >= 15 is 0 Å². The minimum absolute atomic E-state index is 0.430. The topological polar surface area (TPSA) is 60.7 Å². The molecule has 3 rings (SSSR count). The molecule has 0 radical (unpaired) electrons. The number of nitriles is 1. The lowest BCUT2D eigenvalue weighted by atomic mass is 10.0. The molecule has 2 aromatic rings. The molecule has 96 valence electrons. The van der Waals surface area contributed by atoms with E-state index in [-0.39, 0.29) is 0 Å². The van der Waals surface area contributed by atoms with Crippen molar-refractivity contribution in [3.8, 4) is 6.07 Å². The van der Waals surface area contributed by atoms with E-state index in [4.69, 9.17) is 0 Å². The third-order valence-corrected chi connectivity index (χ3v) is 3.58. The molecule has 2 heterocycles. The number of hydrogen-bond donors (Lipinski definition) is 2. The van der Waals surface area contributed by atoms with Gasteiger partial charge in [-0.2, -0.15) is 5.26 Å². The smallest absolute Gasteiger partial charge is 0.103 e. The number of pyridine rings is 1. The van der Waals surface area contributed by atoms with E-state index in [2.05, 4.69) is 21.7 Å². The van der Waals surface area contributed by atoms with E-state index in [1.165, 1.54) is 0 Å². The molecule has 1 fully saturated rings. The maximum atomic E-state index is 9.27. The Morgan fingerprint density at radius 1 is 1.26 bits per heavy atom. The number of para-hydroxylation sites is 1. The van der Waals surface area contributed by atoms with Crippen LogP contribution in [0.5, 0.6) is 0 Å². The Bertz CT molecular complexity index is 624. The Labute approximate surface area is 112 Å². The molecule has 0 bridgehead atoms. The molecule has 0 amide bonds. The molecule has 0 atom stereocenters. The van der Waals surface area contributed by atoms with Crippen molar-refractivity contribution in [2.24, 2.45) is 0 Å². The normalized spacial score (nSPS) is 16.2. The summed E-state index contributed by atoms with van der Waals surface area (Å²) in [6.07, 6.45) is 3.83. The molecular formula is C15H16N4. The lowest BCUT2D eigenvalue weighted by Crippen LogP contribution is -2.35. The van der Waals surface area contributed by atoms with Crippen molar-refractivity contribution in [2.75, 3.05) is 18.4 Å². The zero-order chi connectivity index (χ0) is 13.1. The van der Waals surface area contributed by atoms with Gasteiger partial charge in [0.05, 0.1) is 16.8 Å². The molecule has 19 heavy (non-hydrogen) atoms. The van der Waals surface area contributed by atoms with Crippen LogP contribution in [-0.2, 0) is 0 Å². The number of rotatable bonds is 2. The van der Waals surface area contributed by atoms with E-state index in [0.29, 0.717) is 11.6 Å². The Morgan fingerprint density at radius 2 is 2.05 bits per heavy atom. The quantitative estimate of drug-likeness (QED) is 0.860. The molecule has 1 aromatic heterocycles. The third kappa shape index (κ3) is 2.38. The molecule has 1 aromatic carbocycles. The molecule has 2 N–H and O–H groups in total. The maximum absolute atomic E-state index is 9.27. The third-order valence-electron chi connectivity index (χ3n) is 3.58. The van der Waals surface area contributed by atoms with Gasteiger partial charge in [-0.15, -0.1) is 0 Å². The fourth-order valence-corrected chi connectivity index (χ4v) is 2.55. The molecular weight excluding hydrogens is 236 g/mol. The van der Waals surface area contributed by atoms with Crippen molar-refractivity contribution in [2.45, 2.75) is 18.9 Å². The monoisotopic (exact) mass is 252 g/mol. The van der Waals surface area contributed by atoms with Crippen molar-refractivity contribution in [3.63, 3.8) is 0 Å². The van der Waals surface area contributed by atoms with Crippen molar-refractivity contribution >= 4 is 16.6 Å². The second kappa shape index (κ2) is 5.25. The van der Waals surface area contributed by atoms with Crippen LogP contribution < -0.4 is 10.6 Å². The van der Waals surface area contributed by atoms with Gasteiger partial charge >= 0.3 is 0 Å². The van der Waals surface area contributed by atoms with E-state index in [1.807, 2.05) is 24.3 Å². The van der Waals surface area contributed by atoms with Crippen LogP contribution in [0, 0.1) is 11.3 Å². The lowest BCUT2D eigenvalue weighted by Gasteiger charge is -2.25. The predicted octanol–water partition coefficient (Wildman–Crippen LogP) is 2.27. The van der Waals surface area contributed by atoms with E-state index in [1.54, 1.807) is 6.20 Å². The molecule has 4 nitrogen and oxygen atoms in total. The molecule has 0 aliphatic carbocycles. The van der Waals surface area contributed by atoms with Crippen molar-refractivity contribution in [1.29, 1.82) is 5.26 Å². The van der Waals surface area contributed by atoms with Gasteiger partial charge in [-0.05, 0) is 32.0 Å². The maximum Gasteiger partial charge on any atom is 0.103 e. The summed E-state index contributed by atoms with van der Waals surface area (Å²) in [5, 5.41) is 17.2. The average Bonchev–Trinajstić information content (AvgIpc) is 2.49. The van der Waals surface area contributed by atoms with Gasteiger partial charge in [-0.25, -0.2) is 0 Å². The molecule has 1 saturated heterocycles. The Balaban J connectivity index is 2.02. The predicted molar refractivity (Wildman–Crippen MR) is 76.0 cm³/mol. The summed E-state index contributed by atoms with van der Waals surface area (Å²) < 4.78 is 0. The fraction of sp³-hybridized carbons (Fsp3) is 0.333. The summed E-state index contributed by atoms with van der Waals surface area (Å²) in [6.45, 7) is 2.06. The van der Waals surface area contributed by atoms with Gasteiger partial charge in [0.2, 0.25) is 0 Å². The highest BCUT2D eigenvalue weighted by Crippen LogP contribution is 2.27. The SMILES string of the molecule is N#Cc1cnc2ccccc2c1NC1CCNCC1. The number of benzene rings is 1. The molecule has 1 aliphatic rings. The van der Waals surface area contributed by atoms with Crippen LogP contribution in [0.2, 0.25) is 0 Å². The zero-order valence-corrected chi connectivity index (χ0v) is 10.7. The van der Waals surface area contributed by atoms with E-state index in [0.717, 1.165) is 42.5 Å². The second-order valence-corrected chi connectivity index (χ2v) is 4.84. The first-order chi connectivity index (χ1) is 9.38. The number of anilines is 1. The van der Waals surface area contributed by atoms with Gasteiger partial charge in [0, 0.05) is 17.6 Å².